The molecule has 0 N–H and O–H groups in total. The summed E-state index contributed by atoms with van der Waals surface area (Å²) in [6.07, 6.45) is 5.67. The Labute approximate surface area is 102 Å². The third-order valence-corrected chi connectivity index (χ3v) is 3.90. The number of hydrogen-bond acceptors (Lipinski definition) is 1. The van der Waals surface area contributed by atoms with Crippen LogP contribution in [-0.2, 0) is 11.8 Å². The Balaban J connectivity index is 2.30. The van der Waals surface area contributed by atoms with E-state index in [-0.39, 0.29) is 12.1 Å². The third-order valence-electron chi connectivity index (χ3n) is 3.90. The highest BCUT2D eigenvalue weighted by atomic mass is 19.1. The fraction of sp³-hybridized carbons (Fsp3) is 0.533. The fourth-order valence-corrected chi connectivity index (χ4v) is 2.94. The van der Waals surface area contributed by atoms with Crippen LogP contribution in [0.1, 0.15) is 43.2 Å². The maximum Gasteiger partial charge on any atom is 0.0934 e. The average molecular weight is 231 g/mol. The van der Waals surface area contributed by atoms with Crippen molar-refractivity contribution >= 4 is 0 Å². The number of alkyl halides is 1. The van der Waals surface area contributed by atoms with E-state index in [9.17, 15) is 4.39 Å². The molecule has 1 aliphatic rings. The molecule has 0 bridgehead atoms. The van der Waals surface area contributed by atoms with Gasteiger partial charge in [-0.05, 0) is 24.0 Å². The number of aryl methyl sites for hydroxylation is 1. The third kappa shape index (κ3) is 2.49. The molecular formula is C15H18FN. The molecule has 1 aromatic rings. The van der Waals surface area contributed by atoms with Gasteiger partial charge in [-0.15, -0.1) is 0 Å². The van der Waals surface area contributed by atoms with Gasteiger partial charge in [-0.1, -0.05) is 37.1 Å². The van der Waals surface area contributed by atoms with Crippen LogP contribution in [0.15, 0.2) is 24.3 Å². The van der Waals surface area contributed by atoms with Crippen LogP contribution in [0, 0.1) is 11.3 Å². The van der Waals surface area contributed by atoms with E-state index in [0.717, 1.165) is 18.4 Å². The Morgan fingerprint density at radius 2 is 2.06 bits per heavy atom. The van der Waals surface area contributed by atoms with Gasteiger partial charge in [0.1, 0.15) is 0 Å². The summed E-state index contributed by atoms with van der Waals surface area (Å²) in [5, 5.41) is 9.02. The van der Waals surface area contributed by atoms with Gasteiger partial charge in [0.05, 0.1) is 12.7 Å². The van der Waals surface area contributed by atoms with Gasteiger partial charge < -0.3 is 0 Å². The SMILES string of the molecule is N#CCC1(c2cccc(CCF)c2)CCCC1. The molecular weight excluding hydrogens is 213 g/mol. The number of nitriles is 1. The lowest BCUT2D eigenvalue weighted by Crippen LogP contribution is -2.21. The molecule has 2 rings (SSSR count). The van der Waals surface area contributed by atoms with Crippen LogP contribution < -0.4 is 0 Å². The molecule has 0 amide bonds. The Morgan fingerprint density at radius 1 is 1.29 bits per heavy atom. The lowest BCUT2D eigenvalue weighted by molar-refractivity contribution is 0.450. The molecule has 0 aliphatic heterocycles. The Hall–Kier alpha value is -1.36. The molecule has 0 spiro atoms. The van der Waals surface area contributed by atoms with Gasteiger partial charge in [0.2, 0.25) is 0 Å². The first-order valence-electron chi connectivity index (χ1n) is 6.33. The Bertz CT molecular complexity index is 413. The van der Waals surface area contributed by atoms with Crippen molar-refractivity contribution in [1.82, 2.24) is 0 Å². The summed E-state index contributed by atoms with van der Waals surface area (Å²) in [6, 6.07) is 10.5. The van der Waals surface area contributed by atoms with Crippen molar-refractivity contribution in [2.75, 3.05) is 6.67 Å². The predicted molar refractivity (Wildman–Crippen MR) is 66.5 cm³/mol. The first kappa shape index (κ1) is 12.1. The van der Waals surface area contributed by atoms with Crippen LogP contribution in [0.3, 0.4) is 0 Å². The van der Waals surface area contributed by atoms with Gasteiger partial charge in [0, 0.05) is 18.3 Å². The number of rotatable bonds is 4. The fourth-order valence-electron chi connectivity index (χ4n) is 2.94. The second kappa shape index (κ2) is 5.31. The van der Waals surface area contributed by atoms with Gasteiger partial charge in [0.15, 0.2) is 0 Å². The topological polar surface area (TPSA) is 23.8 Å². The van der Waals surface area contributed by atoms with Crippen LogP contribution in [0.4, 0.5) is 4.39 Å². The smallest absolute Gasteiger partial charge is 0.0934 e. The van der Waals surface area contributed by atoms with Gasteiger partial charge in [0.25, 0.3) is 0 Å². The summed E-state index contributed by atoms with van der Waals surface area (Å²) >= 11 is 0. The highest BCUT2D eigenvalue weighted by Crippen LogP contribution is 2.43. The molecule has 2 heteroatoms. The van der Waals surface area contributed by atoms with Crippen LogP contribution in [0.5, 0.6) is 0 Å². The highest BCUT2D eigenvalue weighted by Gasteiger charge is 2.35. The first-order valence-corrected chi connectivity index (χ1v) is 6.33. The summed E-state index contributed by atoms with van der Waals surface area (Å²) in [5.41, 5.74) is 2.33. The van der Waals surface area contributed by atoms with Crippen LogP contribution in [-0.4, -0.2) is 6.67 Å². The second-order valence-electron chi connectivity index (χ2n) is 4.96. The zero-order valence-electron chi connectivity index (χ0n) is 10.1. The normalized spacial score (nSPS) is 17.9. The summed E-state index contributed by atoms with van der Waals surface area (Å²) in [4.78, 5) is 0. The van der Waals surface area contributed by atoms with Crippen molar-refractivity contribution in [1.29, 1.82) is 5.26 Å². The molecule has 1 saturated carbocycles. The van der Waals surface area contributed by atoms with Gasteiger partial charge in [-0.3, -0.25) is 4.39 Å². The van der Waals surface area contributed by atoms with Crippen molar-refractivity contribution in [2.45, 2.75) is 43.9 Å². The van der Waals surface area contributed by atoms with E-state index >= 15 is 0 Å². The number of benzene rings is 1. The van der Waals surface area contributed by atoms with Crippen molar-refractivity contribution in [2.24, 2.45) is 0 Å². The summed E-state index contributed by atoms with van der Waals surface area (Å²) < 4.78 is 12.4. The zero-order chi connectivity index (χ0) is 12.1. The van der Waals surface area contributed by atoms with Crippen molar-refractivity contribution < 1.29 is 4.39 Å². The van der Waals surface area contributed by atoms with E-state index in [1.807, 2.05) is 12.1 Å². The monoisotopic (exact) mass is 231 g/mol. The number of halogens is 1. The van der Waals surface area contributed by atoms with E-state index < -0.39 is 0 Å². The van der Waals surface area contributed by atoms with Crippen LogP contribution in [0.2, 0.25) is 0 Å². The minimum Gasteiger partial charge on any atom is -0.251 e. The van der Waals surface area contributed by atoms with Crippen LogP contribution in [0.25, 0.3) is 0 Å². The van der Waals surface area contributed by atoms with Gasteiger partial charge in [-0.2, -0.15) is 5.26 Å². The minimum atomic E-state index is -0.311. The lowest BCUT2D eigenvalue weighted by atomic mass is 9.76. The van der Waals surface area contributed by atoms with E-state index in [4.69, 9.17) is 5.26 Å². The molecule has 1 aromatic carbocycles. The zero-order valence-corrected chi connectivity index (χ0v) is 10.1. The molecule has 1 aliphatic carbocycles. The average Bonchev–Trinajstić information content (AvgIpc) is 2.80. The van der Waals surface area contributed by atoms with E-state index in [0.29, 0.717) is 12.8 Å². The molecule has 0 aromatic heterocycles. The maximum atomic E-state index is 12.4. The first-order chi connectivity index (χ1) is 8.30. The largest absolute Gasteiger partial charge is 0.251 e. The maximum absolute atomic E-state index is 12.4. The van der Waals surface area contributed by atoms with Crippen molar-refractivity contribution in [3.63, 3.8) is 0 Å². The second-order valence-corrected chi connectivity index (χ2v) is 4.96. The van der Waals surface area contributed by atoms with Crippen LogP contribution >= 0.6 is 0 Å². The lowest BCUT2D eigenvalue weighted by Gasteiger charge is -2.27. The van der Waals surface area contributed by atoms with Crippen molar-refractivity contribution in [3.05, 3.63) is 35.4 Å². The summed E-state index contributed by atoms with van der Waals surface area (Å²) in [7, 11) is 0. The molecule has 0 heterocycles. The summed E-state index contributed by atoms with van der Waals surface area (Å²) in [6.45, 7) is -0.311. The van der Waals surface area contributed by atoms with Crippen molar-refractivity contribution in [3.8, 4) is 6.07 Å². The molecule has 0 atom stereocenters. The van der Waals surface area contributed by atoms with Gasteiger partial charge in [-0.25, -0.2) is 0 Å². The predicted octanol–water partition coefficient (Wildman–Crippen LogP) is 3.92. The molecule has 90 valence electrons. The van der Waals surface area contributed by atoms with E-state index in [1.54, 1.807) is 0 Å². The highest BCUT2D eigenvalue weighted by molar-refractivity contribution is 5.32. The molecule has 0 saturated heterocycles. The molecule has 1 nitrogen and oxygen atoms in total. The molecule has 0 unspecified atom stereocenters. The minimum absolute atomic E-state index is 0.0427. The standard InChI is InChI=1S/C15H18FN/c16-10-6-13-4-3-5-14(12-13)15(9-11-17)7-1-2-8-15/h3-5,12H,1-2,6-10H2. The quantitative estimate of drug-likeness (QED) is 0.770. The van der Waals surface area contributed by atoms with E-state index in [2.05, 4.69) is 18.2 Å². The number of nitrogens with zero attached hydrogens (tertiary/aromatic N) is 1. The Kier molecular flexibility index (Phi) is 3.78. The summed E-state index contributed by atoms with van der Waals surface area (Å²) in [5.74, 6) is 0. The molecule has 17 heavy (non-hydrogen) atoms. The Morgan fingerprint density at radius 3 is 2.71 bits per heavy atom. The number of hydrogen-bond donors (Lipinski definition) is 0. The molecule has 1 fully saturated rings. The molecule has 0 radical (unpaired) electrons. The van der Waals surface area contributed by atoms with E-state index in [1.165, 1.54) is 18.4 Å². The van der Waals surface area contributed by atoms with Gasteiger partial charge >= 0.3 is 0 Å².